The highest BCUT2D eigenvalue weighted by molar-refractivity contribution is 5.48. The molecule has 4 nitrogen and oxygen atoms in total. The Morgan fingerprint density at radius 1 is 1.43 bits per heavy atom. The van der Waals surface area contributed by atoms with Gasteiger partial charge in [0, 0.05) is 6.04 Å². The summed E-state index contributed by atoms with van der Waals surface area (Å²) in [5.74, 6) is 1.52. The van der Waals surface area contributed by atoms with Crippen molar-refractivity contribution in [1.82, 2.24) is 0 Å². The van der Waals surface area contributed by atoms with Crippen LogP contribution in [0.2, 0.25) is 0 Å². The van der Waals surface area contributed by atoms with E-state index in [0.717, 1.165) is 17.1 Å². The summed E-state index contributed by atoms with van der Waals surface area (Å²) in [4.78, 5) is 0. The van der Waals surface area contributed by atoms with Gasteiger partial charge in [0.1, 0.15) is 0 Å². The van der Waals surface area contributed by atoms with Gasteiger partial charge >= 0.3 is 0 Å². The molecule has 76 valence electrons. The fourth-order valence-electron chi connectivity index (χ4n) is 1.50. The van der Waals surface area contributed by atoms with Crippen LogP contribution >= 0.6 is 0 Å². The average Bonchev–Trinajstić information content (AvgIpc) is 2.66. The summed E-state index contributed by atoms with van der Waals surface area (Å²) in [5.41, 5.74) is 6.64. The second kappa shape index (κ2) is 3.86. The van der Waals surface area contributed by atoms with Crippen LogP contribution in [0.25, 0.3) is 0 Å². The molecule has 0 aromatic heterocycles. The van der Waals surface area contributed by atoms with Crippen LogP contribution in [0, 0.1) is 0 Å². The van der Waals surface area contributed by atoms with Crippen LogP contribution in [0.5, 0.6) is 11.5 Å². The first-order valence-corrected chi connectivity index (χ1v) is 4.55. The first kappa shape index (κ1) is 9.30. The van der Waals surface area contributed by atoms with E-state index in [9.17, 15) is 0 Å². The van der Waals surface area contributed by atoms with Crippen LogP contribution in [0.1, 0.15) is 5.56 Å². The van der Waals surface area contributed by atoms with E-state index in [1.807, 2.05) is 18.2 Å². The molecule has 3 N–H and O–H groups in total. The van der Waals surface area contributed by atoms with Gasteiger partial charge in [-0.25, -0.2) is 0 Å². The van der Waals surface area contributed by atoms with E-state index in [1.54, 1.807) is 0 Å². The molecule has 0 aliphatic carbocycles. The van der Waals surface area contributed by atoms with Crippen molar-refractivity contribution in [2.45, 2.75) is 12.5 Å². The molecule has 0 bridgehead atoms. The van der Waals surface area contributed by atoms with Crippen molar-refractivity contribution in [3.63, 3.8) is 0 Å². The number of hydrogen-bond donors (Lipinski definition) is 2. The van der Waals surface area contributed by atoms with Crippen LogP contribution in [0.15, 0.2) is 18.2 Å². The van der Waals surface area contributed by atoms with Crippen molar-refractivity contribution in [2.24, 2.45) is 5.73 Å². The lowest BCUT2D eigenvalue weighted by Gasteiger charge is -2.09. The molecule has 1 unspecified atom stereocenters. The van der Waals surface area contributed by atoms with E-state index in [2.05, 4.69) is 0 Å². The number of fused-ring (bicyclic) bond motifs is 1. The Balaban J connectivity index is 2.22. The number of rotatable bonds is 3. The van der Waals surface area contributed by atoms with Gasteiger partial charge in [-0.15, -0.1) is 0 Å². The lowest BCUT2D eigenvalue weighted by atomic mass is 10.1. The third kappa shape index (κ3) is 1.66. The maximum Gasteiger partial charge on any atom is 0.231 e. The summed E-state index contributed by atoms with van der Waals surface area (Å²) in [6.07, 6.45) is 0.600. The molecule has 14 heavy (non-hydrogen) atoms. The predicted octanol–water partition coefficient (Wildman–Crippen LogP) is 0.277. The van der Waals surface area contributed by atoms with Crippen molar-refractivity contribution in [2.75, 3.05) is 13.4 Å². The van der Waals surface area contributed by atoms with E-state index in [1.165, 1.54) is 0 Å². The van der Waals surface area contributed by atoms with Gasteiger partial charge < -0.3 is 20.3 Å². The standard InChI is InChI=1S/C10H13NO3/c11-8(5-12)4-7-2-1-3-9-10(7)14-6-13-9/h1-3,8,12H,4-6,11H2. The van der Waals surface area contributed by atoms with Gasteiger partial charge in [0.15, 0.2) is 11.5 Å². The summed E-state index contributed by atoms with van der Waals surface area (Å²) in [6.45, 7) is 0.241. The predicted molar refractivity (Wildman–Crippen MR) is 51.3 cm³/mol. The molecule has 0 saturated carbocycles. The summed E-state index contributed by atoms with van der Waals surface area (Å²) < 4.78 is 10.5. The van der Waals surface area contributed by atoms with Crippen molar-refractivity contribution in [1.29, 1.82) is 0 Å². The molecule has 0 radical (unpaired) electrons. The zero-order valence-electron chi connectivity index (χ0n) is 7.77. The van der Waals surface area contributed by atoms with Gasteiger partial charge in [-0.3, -0.25) is 0 Å². The van der Waals surface area contributed by atoms with Gasteiger partial charge in [-0.2, -0.15) is 0 Å². The number of aliphatic hydroxyl groups excluding tert-OH is 1. The minimum Gasteiger partial charge on any atom is -0.454 e. The third-order valence-electron chi connectivity index (χ3n) is 2.19. The van der Waals surface area contributed by atoms with Crippen LogP contribution in [-0.2, 0) is 6.42 Å². The Morgan fingerprint density at radius 2 is 2.29 bits per heavy atom. The first-order valence-electron chi connectivity index (χ1n) is 4.55. The molecule has 0 spiro atoms. The number of nitrogens with two attached hydrogens (primary N) is 1. The zero-order chi connectivity index (χ0) is 9.97. The normalized spacial score (nSPS) is 15.6. The fraction of sp³-hybridized carbons (Fsp3) is 0.400. The molecular formula is C10H13NO3. The largest absolute Gasteiger partial charge is 0.454 e. The second-order valence-electron chi connectivity index (χ2n) is 3.30. The summed E-state index contributed by atoms with van der Waals surface area (Å²) in [7, 11) is 0. The zero-order valence-corrected chi connectivity index (χ0v) is 7.77. The van der Waals surface area contributed by atoms with Gasteiger partial charge in [0.2, 0.25) is 6.79 Å². The van der Waals surface area contributed by atoms with Crippen LogP contribution in [-0.4, -0.2) is 24.5 Å². The minimum absolute atomic E-state index is 0.0233. The Bertz CT molecular complexity index is 327. The van der Waals surface area contributed by atoms with Gasteiger partial charge in [-0.05, 0) is 18.1 Å². The van der Waals surface area contributed by atoms with E-state index in [0.29, 0.717) is 6.42 Å². The molecule has 1 aliphatic heterocycles. The Hall–Kier alpha value is -1.26. The Labute approximate surface area is 82.2 Å². The summed E-state index contributed by atoms with van der Waals surface area (Å²) in [6, 6.07) is 5.44. The average molecular weight is 195 g/mol. The summed E-state index contributed by atoms with van der Waals surface area (Å²) >= 11 is 0. The molecule has 0 fully saturated rings. The fourth-order valence-corrected chi connectivity index (χ4v) is 1.50. The molecule has 0 amide bonds. The van der Waals surface area contributed by atoms with Crippen LogP contribution < -0.4 is 15.2 Å². The number of para-hydroxylation sites is 1. The van der Waals surface area contributed by atoms with E-state index < -0.39 is 0 Å². The maximum absolute atomic E-state index is 8.85. The molecule has 1 aliphatic rings. The third-order valence-corrected chi connectivity index (χ3v) is 2.19. The molecule has 4 heteroatoms. The minimum atomic E-state index is -0.245. The molecule has 1 atom stereocenters. The lowest BCUT2D eigenvalue weighted by Crippen LogP contribution is -2.26. The Morgan fingerprint density at radius 3 is 3.07 bits per heavy atom. The quantitative estimate of drug-likeness (QED) is 0.727. The molecule has 1 aromatic rings. The molecule has 1 aromatic carbocycles. The molecule has 1 heterocycles. The van der Waals surface area contributed by atoms with Crippen LogP contribution in [0.4, 0.5) is 0 Å². The Kier molecular flexibility index (Phi) is 2.56. The van der Waals surface area contributed by atoms with E-state index in [4.69, 9.17) is 20.3 Å². The van der Waals surface area contributed by atoms with Gasteiger partial charge in [0.25, 0.3) is 0 Å². The number of aliphatic hydroxyl groups is 1. The monoisotopic (exact) mass is 195 g/mol. The number of hydrogen-bond acceptors (Lipinski definition) is 4. The van der Waals surface area contributed by atoms with E-state index >= 15 is 0 Å². The SMILES string of the molecule is NC(CO)Cc1cccc2c1OCO2. The summed E-state index contributed by atoms with van der Waals surface area (Å²) in [5, 5.41) is 8.85. The maximum atomic E-state index is 8.85. The van der Waals surface area contributed by atoms with Gasteiger partial charge in [0.05, 0.1) is 6.61 Å². The first-order chi connectivity index (χ1) is 6.81. The molecular weight excluding hydrogens is 182 g/mol. The number of ether oxygens (including phenoxy) is 2. The van der Waals surface area contributed by atoms with Crippen molar-refractivity contribution >= 4 is 0 Å². The van der Waals surface area contributed by atoms with Crippen molar-refractivity contribution < 1.29 is 14.6 Å². The van der Waals surface area contributed by atoms with Crippen molar-refractivity contribution in [3.05, 3.63) is 23.8 Å². The highest BCUT2D eigenvalue weighted by atomic mass is 16.7. The number of benzene rings is 1. The topological polar surface area (TPSA) is 64.7 Å². The van der Waals surface area contributed by atoms with Crippen LogP contribution in [0.3, 0.4) is 0 Å². The lowest BCUT2D eigenvalue weighted by molar-refractivity contribution is 0.173. The smallest absolute Gasteiger partial charge is 0.231 e. The van der Waals surface area contributed by atoms with Crippen molar-refractivity contribution in [3.8, 4) is 11.5 Å². The van der Waals surface area contributed by atoms with Gasteiger partial charge in [-0.1, -0.05) is 12.1 Å². The highest BCUT2D eigenvalue weighted by Crippen LogP contribution is 2.35. The van der Waals surface area contributed by atoms with E-state index in [-0.39, 0.29) is 19.4 Å². The molecule has 2 rings (SSSR count). The highest BCUT2D eigenvalue weighted by Gasteiger charge is 2.18. The molecule has 0 saturated heterocycles. The second-order valence-corrected chi connectivity index (χ2v) is 3.30.